The minimum atomic E-state index is -3.72. The van der Waals surface area contributed by atoms with Crippen LogP contribution in [0.1, 0.15) is 5.56 Å². The number of amides is 1. The van der Waals surface area contributed by atoms with E-state index < -0.39 is 15.8 Å². The van der Waals surface area contributed by atoms with Crippen LogP contribution in [0.15, 0.2) is 42.5 Å². The molecular formula is C16H15FN2O4S. The average Bonchev–Trinajstić information content (AvgIpc) is 2.53. The third-order valence-corrected chi connectivity index (χ3v) is 4.85. The number of ether oxygens (including phenoxy) is 1. The highest BCUT2D eigenvalue weighted by Gasteiger charge is 2.26. The fraction of sp³-hybridized carbons (Fsp3) is 0.188. The van der Waals surface area contributed by atoms with Gasteiger partial charge in [0.15, 0.2) is 12.4 Å². The van der Waals surface area contributed by atoms with Gasteiger partial charge in [-0.3, -0.25) is 9.52 Å². The number of sulfonamides is 1. The van der Waals surface area contributed by atoms with Crippen LogP contribution >= 0.6 is 0 Å². The van der Waals surface area contributed by atoms with Gasteiger partial charge in [0.25, 0.3) is 5.91 Å². The van der Waals surface area contributed by atoms with Crippen molar-refractivity contribution in [1.82, 2.24) is 0 Å². The fourth-order valence-corrected chi connectivity index (χ4v) is 3.59. The molecule has 3 rings (SSSR count). The number of nitrogens with one attached hydrogen (secondary N) is 1. The second kappa shape index (κ2) is 6.12. The van der Waals surface area contributed by atoms with Crippen LogP contribution in [0.2, 0.25) is 0 Å². The van der Waals surface area contributed by atoms with Crippen LogP contribution < -0.4 is 14.4 Å². The predicted molar refractivity (Wildman–Crippen MR) is 88.0 cm³/mol. The number of carbonyl (C=O) groups is 1. The number of fused-ring (bicyclic) bond motifs is 1. The molecule has 0 radical (unpaired) electrons. The topological polar surface area (TPSA) is 75.7 Å². The number of carbonyl (C=O) groups excluding carboxylic acids is 1. The van der Waals surface area contributed by atoms with Crippen molar-refractivity contribution in [2.75, 3.05) is 23.3 Å². The van der Waals surface area contributed by atoms with E-state index in [1.165, 1.54) is 29.2 Å². The number of benzene rings is 2. The zero-order valence-electron chi connectivity index (χ0n) is 12.8. The number of likely N-dealkylation sites (N-methyl/N-ethyl adjacent to an activating group) is 1. The van der Waals surface area contributed by atoms with Crippen LogP contribution in [0.5, 0.6) is 5.75 Å². The number of rotatable bonds is 4. The molecule has 6 nitrogen and oxygen atoms in total. The van der Waals surface area contributed by atoms with Crippen molar-refractivity contribution < 1.29 is 22.3 Å². The van der Waals surface area contributed by atoms with Gasteiger partial charge in [0.2, 0.25) is 10.0 Å². The van der Waals surface area contributed by atoms with Gasteiger partial charge in [-0.05, 0) is 29.8 Å². The normalized spacial score (nSPS) is 14.1. The van der Waals surface area contributed by atoms with E-state index in [0.717, 1.165) is 0 Å². The first-order chi connectivity index (χ1) is 11.4. The minimum absolute atomic E-state index is 0.153. The van der Waals surface area contributed by atoms with Crippen LogP contribution in [0, 0.1) is 5.82 Å². The Morgan fingerprint density at radius 1 is 1.21 bits per heavy atom. The van der Waals surface area contributed by atoms with Crippen LogP contribution in [-0.4, -0.2) is 28.0 Å². The van der Waals surface area contributed by atoms with E-state index in [4.69, 9.17) is 4.74 Å². The Morgan fingerprint density at radius 3 is 2.62 bits per heavy atom. The predicted octanol–water partition coefficient (Wildman–Crippen LogP) is 2.12. The molecule has 0 saturated carbocycles. The average molecular weight is 350 g/mol. The summed E-state index contributed by atoms with van der Waals surface area (Å²) in [6.45, 7) is -0.153. The maximum atomic E-state index is 12.9. The van der Waals surface area contributed by atoms with Gasteiger partial charge in [-0.2, -0.15) is 0 Å². The lowest BCUT2D eigenvalue weighted by atomic mass is 10.2. The molecule has 0 aliphatic carbocycles. The second-order valence-corrected chi connectivity index (χ2v) is 7.11. The molecule has 1 heterocycles. The van der Waals surface area contributed by atoms with Gasteiger partial charge >= 0.3 is 0 Å². The van der Waals surface area contributed by atoms with Gasteiger partial charge < -0.3 is 9.64 Å². The Labute approximate surface area is 138 Å². The van der Waals surface area contributed by atoms with Crippen molar-refractivity contribution >= 4 is 27.3 Å². The Bertz CT molecular complexity index is 881. The zero-order valence-corrected chi connectivity index (χ0v) is 13.6. The molecule has 0 bridgehead atoms. The fourth-order valence-electron chi connectivity index (χ4n) is 2.39. The monoisotopic (exact) mass is 350 g/mol. The summed E-state index contributed by atoms with van der Waals surface area (Å²) in [4.78, 5) is 13.1. The number of hydrogen-bond acceptors (Lipinski definition) is 4. The van der Waals surface area contributed by atoms with Crippen molar-refractivity contribution in [3.05, 3.63) is 53.8 Å². The molecule has 2 aromatic rings. The Hall–Kier alpha value is -2.61. The van der Waals surface area contributed by atoms with Crippen LogP contribution in [0.3, 0.4) is 0 Å². The highest BCUT2D eigenvalue weighted by molar-refractivity contribution is 7.91. The minimum Gasteiger partial charge on any atom is -0.479 e. The van der Waals surface area contributed by atoms with E-state index in [2.05, 4.69) is 4.72 Å². The molecule has 0 spiro atoms. The summed E-state index contributed by atoms with van der Waals surface area (Å²) in [5.41, 5.74) is 1.21. The molecule has 1 aliphatic heterocycles. The first-order valence-corrected chi connectivity index (χ1v) is 8.78. The molecule has 126 valence electrons. The van der Waals surface area contributed by atoms with Crippen molar-refractivity contribution in [2.24, 2.45) is 0 Å². The Morgan fingerprint density at radius 2 is 1.92 bits per heavy atom. The van der Waals surface area contributed by atoms with Gasteiger partial charge in [0, 0.05) is 7.05 Å². The summed E-state index contributed by atoms with van der Waals surface area (Å²) in [6, 6.07) is 10.1. The zero-order chi connectivity index (χ0) is 17.3. The summed E-state index contributed by atoms with van der Waals surface area (Å²) in [5, 5.41) is 0. The number of anilines is 2. The number of nitrogens with zero attached hydrogens (tertiary/aromatic N) is 1. The highest BCUT2D eigenvalue weighted by atomic mass is 32.2. The first-order valence-electron chi connectivity index (χ1n) is 7.13. The molecule has 0 saturated heterocycles. The van der Waals surface area contributed by atoms with E-state index in [9.17, 15) is 17.6 Å². The summed E-state index contributed by atoms with van der Waals surface area (Å²) in [7, 11) is -2.12. The Balaban J connectivity index is 1.85. The summed E-state index contributed by atoms with van der Waals surface area (Å²) < 4.78 is 45.4. The van der Waals surface area contributed by atoms with E-state index in [1.807, 2.05) is 0 Å². The number of hydrogen-bond donors (Lipinski definition) is 1. The molecule has 1 aliphatic rings. The molecule has 2 aromatic carbocycles. The standard InChI is InChI=1S/C16H15FN2O4S/c1-19-14-4-2-3-13(16(14)23-9-15(19)20)18-24(21,22)10-11-5-7-12(17)8-6-11/h2-8,18H,9-10H2,1H3. The molecule has 24 heavy (non-hydrogen) atoms. The molecule has 0 aromatic heterocycles. The second-order valence-electron chi connectivity index (χ2n) is 5.38. The van der Waals surface area contributed by atoms with Crippen molar-refractivity contribution in [2.45, 2.75) is 5.75 Å². The van der Waals surface area contributed by atoms with E-state index in [1.54, 1.807) is 25.2 Å². The molecular weight excluding hydrogens is 335 g/mol. The van der Waals surface area contributed by atoms with Gasteiger partial charge in [0.05, 0.1) is 17.1 Å². The van der Waals surface area contributed by atoms with Gasteiger partial charge in [-0.15, -0.1) is 0 Å². The summed E-state index contributed by atoms with van der Waals surface area (Å²) in [5.74, 6) is -0.635. The van der Waals surface area contributed by atoms with E-state index in [-0.39, 0.29) is 24.0 Å². The SMILES string of the molecule is CN1C(=O)COc2c(NS(=O)(=O)Cc3ccc(F)cc3)cccc21. The van der Waals surface area contributed by atoms with Gasteiger partial charge in [-0.1, -0.05) is 18.2 Å². The highest BCUT2D eigenvalue weighted by Crippen LogP contribution is 2.38. The molecule has 0 unspecified atom stereocenters. The number of para-hydroxylation sites is 1. The van der Waals surface area contributed by atoms with Crippen LogP contribution in [0.25, 0.3) is 0 Å². The van der Waals surface area contributed by atoms with Gasteiger partial charge in [0.1, 0.15) is 5.82 Å². The maximum absolute atomic E-state index is 12.9. The maximum Gasteiger partial charge on any atom is 0.264 e. The van der Waals surface area contributed by atoms with Crippen molar-refractivity contribution in [1.29, 1.82) is 0 Å². The van der Waals surface area contributed by atoms with Crippen LogP contribution in [0.4, 0.5) is 15.8 Å². The Kier molecular flexibility index (Phi) is 4.15. The summed E-state index contributed by atoms with van der Waals surface area (Å²) in [6.07, 6.45) is 0. The summed E-state index contributed by atoms with van der Waals surface area (Å²) >= 11 is 0. The lowest BCUT2D eigenvalue weighted by molar-refractivity contribution is -0.120. The molecule has 0 fully saturated rings. The first kappa shape index (κ1) is 16.3. The molecule has 0 atom stereocenters. The number of halogens is 1. The van der Waals surface area contributed by atoms with E-state index >= 15 is 0 Å². The van der Waals surface area contributed by atoms with Crippen molar-refractivity contribution in [3.63, 3.8) is 0 Å². The lowest BCUT2D eigenvalue weighted by Gasteiger charge is -2.27. The quantitative estimate of drug-likeness (QED) is 0.916. The lowest BCUT2D eigenvalue weighted by Crippen LogP contribution is -2.35. The third kappa shape index (κ3) is 3.33. The van der Waals surface area contributed by atoms with Gasteiger partial charge in [-0.25, -0.2) is 12.8 Å². The molecule has 8 heteroatoms. The molecule has 1 amide bonds. The smallest absolute Gasteiger partial charge is 0.264 e. The van der Waals surface area contributed by atoms with Crippen LogP contribution in [-0.2, 0) is 20.6 Å². The molecule has 1 N–H and O–H groups in total. The van der Waals surface area contributed by atoms with Crippen molar-refractivity contribution in [3.8, 4) is 5.75 Å². The van der Waals surface area contributed by atoms with E-state index in [0.29, 0.717) is 17.0 Å². The third-order valence-electron chi connectivity index (χ3n) is 3.61. The largest absolute Gasteiger partial charge is 0.479 e.